The van der Waals surface area contributed by atoms with E-state index in [1.54, 1.807) is 18.2 Å². The fourth-order valence-corrected chi connectivity index (χ4v) is 3.11. The lowest BCUT2D eigenvalue weighted by Gasteiger charge is -2.34. The SMILES string of the molecule is CCCOC(=O)CC1C(=O)NCCN1C(=O)CNc1cc(Cl)cc(Cl)c1. The smallest absolute Gasteiger partial charge is 0.308 e. The van der Waals surface area contributed by atoms with E-state index in [0.717, 1.165) is 0 Å². The van der Waals surface area contributed by atoms with Crippen LogP contribution >= 0.6 is 23.2 Å². The first-order valence-electron chi connectivity index (χ1n) is 8.33. The third kappa shape index (κ3) is 5.78. The Kier molecular flexibility index (Phi) is 7.53. The van der Waals surface area contributed by atoms with E-state index in [-0.39, 0.29) is 31.4 Å². The molecular weight excluding hydrogens is 381 g/mol. The number of anilines is 1. The molecular formula is C17H21Cl2N3O4. The van der Waals surface area contributed by atoms with Crippen LogP contribution in [0.4, 0.5) is 5.69 Å². The molecule has 0 aliphatic carbocycles. The van der Waals surface area contributed by atoms with Crippen LogP contribution < -0.4 is 10.6 Å². The molecule has 9 heteroatoms. The van der Waals surface area contributed by atoms with Gasteiger partial charge in [0.05, 0.1) is 19.6 Å². The Hall–Kier alpha value is -1.99. The second-order valence-corrected chi connectivity index (χ2v) is 6.70. The highest BCUT2D eigenvalue weighted by atomic mass is 35.5. The molecule has 2 N–H and O–H groups in total. The minimum absolute atomic E-state index is 0.0511. The number of nitrogens with zero attached hydrogens (tertiary/aromatic N) is 1. The summed E-state index contributed by atoms with van der Waals surface area (Å²) in [6.45, 7) is 2.79. The van der Waals surface area contributed by atoms with E-state index in [4.69, 9.17) is 27.9 Å². The molecule has 0 radical (unpaired) electrons. The Morgan fingerprint density at radius 3 is 2.65 bits per heavy atom. The number of nitrogens with one attached hydrogen (secondary N) is 2. The number of halogens is 2. The van der Waals surface area contributed by atoms with Gasteiger partial charge >= 0.3 is 5.97 Å². The van der Waals surface area contributed by atoms with Gasteiger partial charge in [0.1, 0.15) is 6.04 Å². The van der Waals surface area contributed by atoms with E-state index in [0.29, 0.717) is 35.2 Å². The molecule has 1 unspecified atom stereocenters. The van der Waals surface area contributed by atoms with Crippen molar-refractivity contribution in [1.29, 1.82) is 0 Å². The summed E-state index contributed by atoms with van der Waals surface area (Å²) in [6.07, 6.45) is 0.526. The van der Waals surface area contributed by atoms with Crippen LogP contribution in [-0.4, -0.2) is 55.0 Å². The van der Waals surface area contributed by atoms with Crippen LogP contribution in [0.3, 0.4) is 0 Å². The maximum atomic E-state index is 12.6. The average Bonchev–Trinajstić information content (AvgIpc) is 2.58. The normalized spacial score (nSPS) is 16.8. The predicted molar refractivity (Wildman–Crippen MR) is 99.3 cm³/mol. The van der Waals surface area contributed by atoms with Gasteiger partial charge in [0.2, 0.25) is 11.8 Å². The molecule has 2 rings (SSSR count). The summed E-state index contributed by atoms with van der Waals surface area (Å²) < 4.78 is 5.02. The van der Waals surface area contributed by atoms with Gasteiger partial charge in [0, 0.05) is 28.8 Å². The molecule has 1 fully saturated rings. The Morgan fingerprint density at radius 2 is 2.00 bits per heavy atom. The molecule has 142 valence electrons. The van der Waals surface area contributed by atoms with E-state index in [1.165, 1.54) is 4.90 Å². The lowest BCUT2D eigenvalue weighted by atomic mass is 10.1. The van der Waals surface area contributed by atoms with Gasteiger partial charge in [-0.25, -0.2) is 0 Å². The maximum Gasteiger partial charge on any atom is 0.308 e. The maximum absolute atomic E-state index is 12.6. The molecule has 2 amide bonds. The summed E-state index contributed by atoms with van der Waals surface area (Å²) in [4.78, 5) is 37.9. The number of hydrogen-bond donors (Lipinski definition) is 2. The van der Waals surface area contributed by atoms with Crippen molar-refractivity contribution in [2.24, 2.45) is 0 Å². The zero-order valence-corrected chi connectivity index (χ0v) is 15.9. The second-order valence-electron chi connectivity index (χ2n) is 5.83. The van der Waals surface area contributed by atoms with Gasteiger partial charge in [-0.05, 0) is 24.6 Å². The number of rotatable bonds is 7. The van der Waals surface area contributed by atoms with E-state index in [2.05, 4.69) is 10.6 Å². The minimum atomic E-state index is -0.870. The van der Waals surface area contributed by atoms with Crippen molar-refractivity contribution in [2.45, 2.75) is 25.8 Å². The van der Waals surface area contributed by atoms with Crippen LogP contribution in [0.15, 0.2) is 18.2 Å². The number of carbonyl (C=O) groups is 3. The highest BCUT2D eigenvalue weighted by Crippen LogP contribution is 2.22. The molecule has 1 aromatic carbocycles. The van der Waals surface area contributed by atoms with Gasteiger partial charge in [0.15, 0.2) is 0 Å². The van der Waals surface area contributed by atoms with Gasteiger partial charge in [-0.2, -0.15) is 0 Å². The largest absolute Gasteiger partial charge is 0.466 e. The molecule has 1 aromatic rings. The van der Waals surface area contributed by atoms with Crippen molar-refractivity contribution >= 4 is 46.7 Å². The zero-order chi connectivity index (χ0) is 19.1. The molecule has 0 saturated carbocycles. The molecule has 1 saturated heterocycles. The first-order chi connectivity index (χ1) is 12.4. The van der Waals surface area contributed by atoms with Gasteiger partial charge in [0.25, 0.3) is 0 Å². The van der Waals surface area contributed by atoms with Gasteiger partial charge in [-0.1, -0.05) is 30.1 Å². The van der Waals surface area contributed by atoms with E-state index in [1.807, 2.05) is 6.92 Å². The van der Waals surface area contributed by atoms with Crippen LogP contribution in [0.1, 0.15) is 19.8 Å². The number of ether oxygens (including phenoxy) is 1. The van der Waals surface area contributed by atoms with Crippen LogP contribution in [0.25, 0.3) is 0 Å². The molecule has 1 aliphatic rings. The summed E-state index contributed by atoms with van der Waals surface area (Å²) in [7, 11) is 0. The van der Waals surface area contributed by atoms with Gasteiger partial charge < -0.3 is 20.3 Å². The summed E-state index contributed by atoms with van der Waals surface area (Å²) >= 11 is 11.9. The van der Waals surface area contributed by atoms with Gasteiger partial charge in [-0.3, -0.25) is 14.4 Å². The summed E-state index contributed by atoms with van der Waals surface area (Å²) in [5, 5.41) is 6.50. The number of piperazine rings is 1. The highest BCUT2D eigenvalue weighted by molar-refractivity contribution is 6.35. The Bertz CT molecular complexity index is 664. The Balaban J connectivity index is 1.99. The third-order valence-corrected chi connectivity index (χ3v) is 4.22. The van der Waals surface area contributed by atoms with E-state index in [9.17, 15) is 14.4 Å². The highest BCUT2D eigenvalue weighted by Gasteiger charge is 2.34. The summed E-state index contributed by atoms with van der Waals surface area (Å²) in [5.74, 6) is -1.16. The van der Waals surface area contributed by atoms with Crippen LogP contribution in [0, 0.1) is 0 Å². The van der Waals surface area contributed by atoms with Crippen molar-refractivity contribution < 1.29 is 19.1 Å². The van der Waals surface area contributed by atoms with Crippen molar-refractivity contribution in [2.75, 3.05) is 31.6 Å². The molecule has 26 heavy (non-hydrogen) atoms. The topological polar surface area (TPSA) is 87.7 Å². The number of esters is 1. The van der Waals surface area contributed by atoms with Crippen LogP contribution in [0.5, 0.6) is 0 Å². The molecule has 7 nitrogen and oxygen atoms in total. The molecule has 0 aromatic heterocycles. The van der Waals surface area contributed by atoms with Gasteiger partial charge in [-0.15, -0.1) is 0 Å². The molecule has 1 heterocycles. The van der Waals surface area contributed by atoms with Crippen LogP contribution in [0.2, 0.25) is 10.0 Å². The quantitative estimate of drug-likeness (QED) is 0.682. The zero-order valence-electron chi connectivity index (χ0n) is 14.4. The lowest BCUT2D eigenvalue weighted by molar-refractivity contribution is -0.151. The Labute approximate surface area is 162 Å². The fraction of sp³-hybridized carbons (Fsp3) is 0.471. The second kappa shape index (κ2) is 9.64. The number of hydrogen-bond acceptors (Lipinski definition) is 5. The third-order valence-electron chi connectivity index (χ3n) is 3.78. The van der Waals surface area contributed by atoms with Crippen molar-refractivity contribution in [1.82, 2.24) is 10.2 Å². The first kappa shape index (κ1) is 20.3. The van der Waals surface area contributed by atoms with Crippen molar-refractivity contribution in [3.8, 4) is 0 Å². The number of benzene rings is 1. The van der Waals surface area contributed by atoms with E-state index >= 15 is 0 Å². The monoisotopic (exact) mass is 401 g/mol. The molecule has 1 aliphatic heterocycles. The van der Waals surface area contributed by atoms with E-state index < -0.39 is 12.0 Å². The predicted octanol–water partition coefficient (Wildman–Crippen LogP) is 2.08. The van der Waals surface area contributed by atoms with Crippen molar-refractivity contribution in [3.63, 3.8) is 0 Å². The number of amides is 2. The van der Waals surface area contributed by atoms with Crippen molar-refractivity contribution in [3.05, 3.63) is 28.2 Å². The molecule has 0 bridgehead atoms. The average molecular weight is 402 g/mol. The first-order valence-corrected chi connectivity index (χ1v) is 9.09. The standard InChI is InChI=1S/C17H21Cl2N3O4/c1-2-5-26-16(24)9-14-17(25)20-3-4-22(14)15(23)10-21-13-7-11(18)6-12(19)8-13/h6-8,14,21H,2-5,9-10H2,1H3,(H,20,25). The summed E-state index contributed by atoms with van der Waals surface area (Å²) in [5.41, 5.74) is 0.594. The number of carbonyl (C=O) groups excluding carboxylic acids is 3. The lowest BCUT2D eigenvalue weighted by Crippen LogP contribution is -2.58. The molecule has 1 atom stereocenters. The Morgan fingerprint density at radius 1 is 1.31 bits per heavy atom. The molecule has 0 spiro atoms. The fourth-order valence-electron chi connectivity index (χ4n) is 2.58. The summed E-state index contributed by atoms with van der Waals surface area (Å²) in [6, 6.07) is 4.00. The minimum Gasteiger partial charge on any atom is -0.466 e. The van der Waals surface area contributed by atoms with Crippen LogP contribution in [-0.2, 0) is 19.1 Å².